The van der Waals surface area contributed by atoms with Crippen molar-refractivity contribution in [3.8, 4) is 0 Å². The van der Waals surface area contributed by atoms with Crippen LogP contribution in [0.1, 0.15) is 11.1 Å². The first kappa shape index (κ1) is 14.7. The third-order valence-corrected chi connectivity index (χ3v) is 5.95. The molecule has 0 saturated heterocycles. The average Bonchev–Trinajstić information content (AvgIpc) is 2.41. The zero-order valence-corrected chi connectivity index (χ0v) is 12.5. The third-order valence-electron chi connectivity index (χ3n) is 2.86. The number of thiol groups is 1. The molecule has 0 fully saturated rings. The minimum atomic E-state index is -2.44. The molecule has 0 saturated carbocycles. The van der Waals surface area contributed by atoms with Gasteiger partial charge in [0.05, 0.1) is 0 Å². The SMILES string of the molecule is CO[Si](CCc1ccc(CS)cc1)(OC)OC. The van der Waals surface area contributed by atoms with Crippen LogP contribution in [0.5, 0.6) is 0 Å². The number of aryl methyl sites for hydroxylation is 1. The lowest BCUT2D eigenvalue weighted by Gasteiger charge is -2.24. The van der Waals surface area contributed by atoms with Gasteiger partial charge >= 0.3 is 8.80 Å². The van der Waals surface area contributed by atoms with E-state index in [2.05, 4.69) is 36.9 Å². The van der Waals surface area contributed by atoms with E-state index in [0.29, 0.717) is 0 Å². The zero-order valence-electron chi connectivity index (χ0n) is 10.6. The standard InChI is InChI=1S/C12H20O3SSi/c1-13-17(14-2,15-3)9-8-11-4-6-12(10-16)7-5-11/h4-7,16H,8-10H2,1-3H3. The maximum atomic E-state index is 5.39. The van der Waals surface area contributed by atoms with Crippen LogP contribution in [-0.4, -0.2) is 30.1 Å². The molecule has 0 aliphatic carbocycles. The van der Waals surface area contributed by atoms with Crippen molar-refractivity contribution in [1.82, 2.24) is 0 Å². The summed E-state index contributed by atoms with van der Waals surface area (Å²) < 4.78 is 16.2. The molecular formula is C12H20O3SSi. The van der Waals surface area contributed by atoms with Crippen molar-refractivity contribution in [2.75, 3.05) is 21.3 Å². The number of hydrogen-bond donors (Lipinski definition) is 1. The molecule has 1 rings (SSSR count). The van der Waals surface area contributed by atoms with E-state index in [4.69, 9.17) is 13.3 Å². The zero-order chi connectivity index (χ0) is 12.7. The fourth-order valence-electron chi connectivity index (χ4n) is 1.66. The molecule has 0 N–H and O–H groups in total. The molecule has 0 radical (unpaired) electrons. The summed E-state index contributed by atoms with van der Waals surface area (Å²) >= 11 is 4.23. The van der Waals surface area contributed by atoms with E-state index in [-0.39, 0.29) is 0 Å². The molecule has 0 unspecified atom stereocenters. The molecule has 1 aromatic rings. The Morgan fingerprint density at radius 2 is 1.41 bits per heavy atom. The van der Waals surface area contributed by atoms with Crippen LogP contribution in [0.15, 0.2) is 24.3 Å². The lowest BCUT2D eigenvalue weighted by molar-refractivity contribution is 0.123. The van der Waals surface area contributed by atoms with Crippen molar-refractivity contribution < 1.29 is 13.3 Å². The van der Waals surface area contributed by atoms with E-state index < -0.39 is 8.80 Å². The largest absolute Gasteiger partial charge is 0.500 e. The first-order chi connectivity index (χ1) is 8.19. The highest BCUT2D eigenvalue weighted by Crippen LogP contribution is 2.17. The summed E-state index contributed by atoms with van der Waals surface area (Å²) in [5.41, 5.74) is 2.49. The Bertz CT molecular complexity index is 317. The van der Waals surface area contributed by atoms with Gasteiger partial charge in [0, 0.05) is 33.1 Å². The molecule has 17 heavy (non-hydrogen) atoms. The van der Waals surface area contributed by atoms with E-state index in [0.717, 1.165) is 18.2 Å². The molecule has 0 heterocycles. The lowest BCUT2D eigenvalue weighted by Crippen LogP contribution is -2.43. The number of hydrogen-bond acceptors (Lipinski definition) is 4. The van der Waals surface area contributed by atoms with Crippen molar-refractivity contribution in [3.05, 3.63) is 35.4 Å². The molecule has 0 atom stereocenters. The first-order valence-corrected chi connectivity index (χ1v) is 8.10. The first-order valence-electron chi connectivity index (χ1n) is 5.54. The molecule has 3 nitrogen and oxygen atoms in total. The monoisotopic (exact) mass is 272 g/mol. The predicted molar refractivity (Wildman–Crippen MR) is 74.4 cm³/mol. The molecule has 1 aromatic carbocycles. The Hall–Kier alpha value is -0.333. The summed E-state index contributed by atoms with van der Waals surface area (Å²) in [7, 11) is 2.49. The summed E-state index contributed by atoms with van der Waals surface area (Å²) in [6.07, 6.45) is 0.897. The Kier molecular flexibility index (Phi) is 6.22. The Morgan fingerprint density at radius 3 is 1.82 bits per heavy atom. The van der Waals surface area contributed by atoms with Crippen LogP contribution in [-0.2, 0) is 25.5 Å². The second-order valence-electron chi connectivity index (χ2n) is 3.77. The van der Waals surface area contributed by atoms with Gasteiger partial charge < -0.3 is 13.3 Å². The van der Waals surface area contributed by atoms with Gasteiger partial charge in [0.2, 0.25) is 0 Å². The van der Waals surface area contributed by atoms with Crippen molar-refractivity contribution in [2.45, 2.75) is 18.2 Å². The Morgan fingerprint density at radius 1 is 0.941 bits per heavy atom. The van der Waals surface area contributed by atoms with Gasteiger partial charge in [-0.15, -0.1) is 0 Å². The highest BCUT2D eigenvalue weighted by molar-refractivity contribution is 7.79. The van der Waals surface area contributed by atoms with Gasteiger partial charge in [-0.2, -0.15) is 12.6 Å². The van der Waals surface area contributed by atoms with Crippen LogP contribution in [0.3, 0.4) is 0 Å². The Labute approximate surface area is 110 Å². The van der Waals surface area contributed by atoms with Crippen LogP contribution in [0.25, 0.3) is 0 Å². The summed E-state index contributed by atoms with van der Waals surface area (Å²) in [6, 6.07) is 9.21. The topological polar surface area (TPSA) is 27.7 Å². The molecule has 0 bridgehead atoms. The van der Waals surface area contributed by atoms with Crippen LogP contribution < -0.4 is 0 Å². The summed E-state index contributed by atoms with van der Waals surface area (Å²) in [4.78, 5) is 0. The third kappa shape index (κ3) is 4.12. The number of benzene rings is 1. The molecule has 0 spiro atoms. The van der Waals surface area contributed by atoms with Crippen LogP contribution in [0.4, 0.5) is 0 Å². The summed E-state index contributed by atoms with van der Waals surface area (Å²) in [5, 5.41) is 0. The number of rotatable bonds is 7. The van der Waals surface area contributed by atoms with Crippen molar-refractivity contribution in [3.63, 3.8) is 0 Å². The van der Waals surface area contributed by atoms with Gasteiger partial charge in [0.15, 0.2) is 0 Å². The molecule has 5 heteroatoms. The lowest BCUT2D eigenvalue weighted by atomic mass is 10.1. The van der Waals surface area contributed by atoms with E-state index in [1.165, 1.54) is 11.1 Å². The molecule has 96 valence electrons. The molecule has 0 amide bonds. The van der Waals surface area contributed by atoms with Gasteiger partial charge in [-0.3, -0.25) is 0 Å². The average molecular weight is 272 g/mol. The fourth-order valence-corrected chi connectivity index (χ4v) is 3.58. The smallest absolute Gasteiger partial charge is 0.377 e. The second kappa shape index (κ2) is 7.18. The van der Waals surface area contributed by atoms with E-state index in [1.807, 2.05) is 0 Å². The van der Waals surface area contributed by atoms with E-state index in [1.54, 1.807) is 21.3 Å². The molecule has 0 aliphatic heterocycles. The maximum Gasteiger partial charge on any atom is 0.500 e. The maximum absolute atomic E-state index is 5.39. The minimum absolute atomic E-state index is 0.771. The fraction of sp³-hybridized carbons (Fsp3) is 0.500. The van der Waals surface area contributed by atoms with E-state index in [9.17, 15) is 0 Å². The normalized spacial score (nSPS) is 11.8. The highest BCUT2D eigenvalue weighted by atomic mass is 32.1. The van der Waals surface area contributed by atoms with Gasteiger partial charge in [-0.1, -0.05) is 24.3 Å². The van der Waals surface area contributed by atoms with Crippen LogP contribution in [0.2, 0.25) is 6.04 Å². The van der Waals surface area contributed by atoms with Crippen molar-refractivity contribution in [1.29, 1.82) is 0 Å². The van der Waals surface area contributed by atoms with Crippen LogP contribution >= 0.6 is 12.6 Å². The van der Waals surface area contributed by atoms with Crippen LogP contribution in [0, 0.1) is 0 Å². The molecule has 0 aromatic heterocycles. The van der Waals surface area contributed by atoms with Crippen molar-refractivity contribution >= 4 is 21.4 Å². The van der Waals surface area contributed by atoms with Gasteiger partial charge in [-0.25, -0.2) is 0 Å². The highest BCUT2D eigenvalue weighted by Gasteiger charge is 2.36. The van der Waals surface area contributed by atoms with Gasteiger partial charge in [-0.05, 0) is 17.5 Å². The van der Waals surface area contributed by atoms with Gasteiger partial charge in [0.25, 0.3) is 0 Å². The van der Waals surface area contributed by atoms with Crippen molar-refractivity contribution in [2.24, 2.45) is 0 Å². The summed E-state index contributed by atoms with van der Waals surface area (Å²) in [5.74, 6) is 0.771. The molecular weight excluding hydrogens is 252 g/mol. The quantitative estimate of drug-likeness (QED) is 0.610. The molecule has 0 aliphatic rings. The minimum Gasteiger partial charge on any atom is -0.377 e. The predicted octanol–water partition coefficient (Wildman–Crippen LogP) is 2.54. The summed E-state index contributed by atoms with van der Waals surface area (Å²) in [6.45, 7) is 0. The second-order valence-corrected chi connectivity index (χ2v) is 7.18. The van der Waals surface area contributed by atoms with E-state index >= 15 is 0 Å². The van der Waals surface area contributed by atoms with Gasteiger partial charge in [0.1, 0.15) is 0 Å². The Balaban J connectivity index is 2.59.